The van der Waals surface area contributed by atoms with Gasteiger partial charge in [-0.2, -0.15) is 0 Å². The van der Waals surface area contributed by atoms with Gasteiger partial charge in [-0.15, -0.1) is 10.2 Å². The Balaban J connectivity index is 1.75. The van der Waals surface area contributed by atoms with Crippen LogP contribution in [0.2, 0.25) is 0 Å². The fourth-order valence-corrected chi connectivity index (χ4v) is 4.31. The average Bonchev–Trinajstić information content (AvgIpc) is 3.18. The number of rotatable bonds is 5. The first-order valence-electron chi connectivity index (χ1n) is 9.75. The van der Waals surface area contributed by atoms with Gasteiger partial charge in [0.1, 0.15) is 11.3 Å². The van der Waals surface area contributed by atoms with E-state index in [0.29, 0.717) is 12.4 Å². The second-order valence-electron chi connectivity index (χ2n) is 8.36. The van der Waals surface area contributed by atoms with Crippen LogP contribution >= 0.6 is 11.8 Å². The highest BCUT2D eigenvalue weighted by atomic mass is 32.2. The van der Waals surface area contributed by atoms with Gasteiger partial charge in [0.05, 0.1) is 12.6 Å². The van der Waals surface area contributed by atoms with Crippen LogP contribution in [0.25, 0.3) is 11.4 Å². The Morgan fingerprint density at radius 3 is 2.62 bits per heavy atom. The molecule has 1 amide bonds. The van der Waals surface area contributed by atoms with Crippen LogP contribution in [0.3, 0.4) is 0 Å². The molecule has 3 heterocycles. The Morgan fingerprint density at radius 1 is 1.31 bits per heavy atom. The second-order valence-corrected chi connectivity index (χ2v) is 9.35. The van der Waals surface area contributed by atoms with Crippen molar-refractivity contribution in [1.29, 1.82) is 0 Å². The van der Waals surface area contributed by atoms with E-state index >= 15 is 0 Å². The van der Waals surface area contributed by atoms with E-state index in [1.54, 1.807) is 29.1 Å². The molecule has 0 N–H and O–H groups in total. The van der Waals surface area contributed by atoms with Crippen LogP contribution in [0.1, 0.15) is 41.5 Å². The maximum atomic E-state index is 12.8. The molecule has 0 aliphatic carbocycles. The van der Waals surface area contributed by atoms with Gasteiger partial charge < -0.3 is 14.0 Å². The summed E-state index contributed by atoms with van der Waals surface area (Å²) in [5.74, 6) is 1.45. The first-order chi connectivity index (χ1) is 13.6. The van der Waals surface area contributed by atoms with E-state index < -0.39 is 11.3 Å². The quantitative estimate of drug-likeness (QED) is 0.681. The molecule has 0 bridgehead atoms. The summed E-state index contributed by atoms with van der Waals surface area (Å²) in [5.41, 5.74) is -0.300. The fourth-order valence-electron chi connectivity index (χ4n) is 3.25. The lowest BCUT2D eigenvalue weighted by molar-refractivity contribution is -0.0617. The SMILES string of the molecule is CCn1c(SCC2COC(C)(C)N2C(=O)OC(C)(C)C)nnc1-c1ccncc1. The Kier molecular flexibility index (Phi) is 6.19. The number of pyridine rings is 1. The maximum Gasteiger partial charge on any atom is 0.412 e. The summed E-state index contributed by atoms with van der Waals surface area (Å²) >= 11 is 1.57. The zero-order valence-electron chi connectivity index (χ0n) is 17.9. The van der Waals surface area contributed by atoms with E-state index in [-0.39, 0.29) is 12.1 Å². The Morgan fingerprint density at radius 2 is 2.00 bits per heavy atom. The molecular formula is C20H29N5O3S. The minimum atomic E-state index is -0.714. The van der Waals surface area contributed by atoms with E-state index in [2.05, 4.69) is 26.7 Å². The molecule has 1 aliphatic rings. The molecule has 2 aromatic heterocycles. The monoisotopic (exact) mass is 419 g/mol. The van der Waals surface area contributed by atoms with E-state index in [1.165, 1.54) is 0 Å². The molecule has 3 rings (SSSR count). The molecule has 1 unspecified atom stereocenters. The van der Waals surface area contributed by atoms with Crippen LogP contribution in [0.15, 0.2) is 29.7 Å². The molecular weight excluding hydrogens is 390 g/mol. The van der Waals surface area contributed by atoms with Crippen LogP contribution in [0.4, 0.5) is 4.79 Å². The number of aromatic nitrogens is 4. The molecule has 1 saturated heterocycles. The number of ether oxygens (including phenoxy) is 2. The van der Waals surface area contributed by atoms with Gasteiger partial charge in [0, 0.05) is 30.3 Å². The third-order valence-corrected chi connectivity index (χ3v) is 5.65. The molecule has 0 aromatic carbocycles. The van der Waals surface area contributed by atoms with Crippen molar-refractivity contribution in [3.63, 3.8) is 0 Å². The lowest BCUT2D eigenvalue weighted by atomic mass is 10.2. The third-order valence-electron chi connectivity index (χ3n) is 4.54. The summed E-state index contributed by atoms with van der Waals surface area (Å²) < 4.78 is 13.6. The molecule has 8 nitrogen and oxygen atoms in total. The minimum Gasteiger partial charge on any atom is -0.444 e. The first kappa shape index (κ1) is 21.6. The lowest BCUT2D eigenvalue weighted by Crippen LogP contribution is -2.50. The van der Waals surface area contributed by atoms with E-state index in [1.807, 2.05) is 46.8 Å². The van der Waals surface area contributed by atoms with Crippen LogP contribution in [-0.4, -0.2) is 60.5 Å². The first-order valence-corrected chi connectivity index (χ1v) is 10.7. The van der Waals surface area contributed by atoms with Gasteiger partial charge >= 0.3 is 6.09 Å². The fraction of sp³-hybridized carbons (Fsp3) is 0.600. The summed E-state index contributed by atoms with van der Waals surface area (Å²) in [6.45, 7) is 12.6. The van der Waals surface area contributed by atoms with Crippen molar-refractivity contribution >= 4 is 17.9 Å². The minimum absolute atomic E-state index is 0.115. The van der Waals surface area contributed by atoms with Crippen molar-refractivity contribution in [3.8, 4) is 11.4 Å². The van der Waals surface area contributed by atoms with Crippen LogP contribution in [0.5, 0.6) is 0 Å². The van der Waals surface area contributed by atoms with Crippen molar-refractivity contribution in [3.05, 3.63) is 24.5 Å². The lowest BCUT2D eigenvalue weighted by Gasteiger charge is -2.35. The number of hydrogen-bond acceptors (Lipinski definition) is 7. The van der Waals surface area contributed by atoms with Gasteiger partial charge in [-0.05, 0) is 53.7 Å². The Labute approximate surface area is 176 Å². The summed E-state index contributed by atoms with van der Waals surface area (Å²) in [5, 5.41) is 9.54. The van der Waals surface area contributed by atoms with Gasteiger partial charge in [-0.1, -0.05) is 11.8 Å². The molecule has 0 saturated carbocycles. The molecule has 1 fully saturated rings. The van der Waals surface area contributed by atoms with Gasteiger partial charge in [0.2, 0.25) is 0 Å². The average molecular weight is 420 g/mol. The number of amides is 1. The summed E-state index contributed by atoms with van der Waals surface area (Å²) in [7, 11) is 0. The van der Waals surface area contributed by atoms with Gasteiger partial charge in [-0.25, -0.2) is 4.79 Å². The van der Waals surface area contributed by atoms with Crippen molar-refractivity contribution in [2.24, 2.45) is 0 Å². The largest absolute Gasteiger partial charge is 0.444 e. The zero-order valence-corrected chi connectivity index (χ0v) is 18.7. The predicted octanol–water partition coefficient (Wildman–Crippen LogP) is 3.82. The highest BCUT2D eigenvalue weighted by Crippen LogP contribution is 2.33. The number of nitrogens with zero attached hydrogens (tertiary/aromatic N) is 5. The zero-order chi connectivity index (χ0) is 21.2. The van der Waals surface area contributed by atoms with Crippen molar-refractivity contribution < 1.29 is 14.3 Å². The Bertz CT molecular complexity index is 848. The van der Waals surface area contributed by atoms with Crippen LogP contribution < -0.4 is 0 Å². The summed E-state index contributed by atoms with van der Waals surface area (Å²) in [4.78, 5) is 18.5. The molecule has 1 aliphatic heterocycles. The van der Waals surface area contributed by atoms with Crippen LogP contribution in [0, 0.1) is 0 Å². The topological polar surface area (TPSA) is 82.4 Å². The number of carbonyl (C=O) groups is 1. The smallest absolute Gasteiger partial charge is 0.412 e. The molecule has 29 heavy (non-hydrogen) atoms. The number of hydrogen-bond donors (Lipinski definition) is 0. The molecule has 0 radical (unpaired) electrons. The molecule has 158 valence electrons. The molecule has 1 atom stereocenters. The third kappa shape index (κ3) is 4.90. The van der Waals surface area contributed by atoms with Crippen molar-refractivity contribution in [2.45, 2.75) is 70.6 Å². The summed E-state index contributed by atoms with van der Waals surface area (Å²) in [6, 6.07) is 3.72. The normalized spacial score (nSPS) is 18.8. The van der Waals surface area contributed by atoms with Gasteiger partial charge in [0.15, 0.2) is 11.0 Å². The molecule has 2 aromatic rings. The second kappa shape index (κ2) is 8.31. The Hall–Kier alpha value is -2.13. The van der Waals surface area contributed by atoms with Crippen molar-refractivity contribution in [2.75, 3.05) is 12.4 Å². The van der Waals surface area contributed by atoms with Gasteiger partial charge in [0.25, 0.3) is 0 Å². The number of carbonyl (C=O) groups excluding carboxylic acids is 1. The predicted molar refractivity (Wildman–Crippen MR) is 112 cm³/mol. The standard InChI is InChI=1S/C20H29N5O3S/c1-7-24-16(14-8-10-21-11-9-14)22-23-17(24)29-13-15-12-27-20(5,6)25(15)18(26)28-19(2,3)4/h8-11,15H,7,12-13H2,1-6H3. The van der Waals surface area contributed by atoms with Gasteiger partial charge in [-0.3, -0.25) is 9.88 Å². The highest BCUT2D eigenvalue weighted by molar-refractivity contribution is 7.99. The maximum absolute atomic E-state index is 12.8. The van der Waals surface area contributed by atoms with Crippen LogP contribution in [-0.2, 0) is 16.0 Å². The molecule has 9 heteroatoms. The molecule has 0 spiro atoms. The number of thioether (sulfide) groups is 1. The van der Waals surface area contributed by atoms with E-state index in [9.17, 15) is 4.79 Å². The van der Waals surface area contributed by atoms with E-state index in [0.717, 1.165) is 23.1 Å². The highest BCUT2D eigenvalue weighted by Gasteiger charge is 2.45. The van der Waals surface area contributed by atoms with E-state index in [4.69, 9.17) is 9.47 Å². The summed E-state index contributed by atoms with van der Waals surface area (Å²) in [6.07, 6.45) is 3.13. The van der Waals surface area contributed by atoms with Crippen molar-refractivity contribution in [1.82, 2.24) is 24.6 Å².